The van der Waals surface area contributed by atoms with E-state index in [4.69, 9.17) is 33.3 Å². The molecule has 5 rings (SSSR count). The number of hydrogen-bond acceptors (Lipinski definition) is 5. The minimum Gasteiger partial charge on any atom is -0.454 e. The van der Waals surface area contributed by atoms with E-state index in [2.05, 4.69) is 5.32 Å². The van der Waals surface area contributed by atoms with E-state index >= 15 is 0 Å². The van der Waals surface area contributed by atoms with Crippen LogP contribution in [0.5, 0.6) is 11.5 Å². The first kappa shape index (κ1) is 23.1. The molecule has 3 aromatic rings. The van der Waals surface area contributed by atoms with Gasteiger partial charge in [0.1, 0.15) is 11.9 Å². The zero-order valence-electron chi connectivity index (χ0n) is 18.2. The van der Waals surface area contributed by atoms with Crippen molar-refractivity contribution in [3.05, 3.63) is 83.1 Å². The number of carbonyl (C=O) groups is 2. The molecule has 178 valence electrons. The molecule has 1 fully saturated rings. The number of hydrogen-bond donors (Lipinski definition) is 1. The van der Waals surface area contributed by atoms with Gasteiger partial charge in [0.2, 0.25) is 12.7 Å². The molecule has 35 heavy (non-hydrogen) atoms. The zero-order chi connectivity index (χ0) is 24.5. The Bertz CT molecular complexity index is 1320. The van der Waals surface area contributed by atoms with Crippen LogP contribution < -0.4 is 19.7 Å². The second-order valence-corrected chi connectivity index (χ2v) is 8.83. The number of amides is 2. The van der Waals surface area contributed by atoms with Gasteiger partial charge in [-0.1, -0.05) is 23.7 Å². The van der Waals surface area contributed by atoms with Crippen molar-refractivity contribution in [3.63, 3.8) is 0 Å². The number of nitrogens with zero attached hydrogens (tertiary/aromatic N) is 2. The molecule has 0 saturated carbocycles. The number of thiocarbonyl (C=S) groups is 1. The van der Waals surface area contributed by atoms with Crippen LogP contribution >= 0.6 is 23.8 Å². The van der Waals surface area contributed by atoms with E-state index in [1.165, 1.54) is 29.2 Å². The maximum absolute atomic E-state index is 13.5. The first-order valence-corrected chi connectivity index (χ1v) is 11.5. The topological polar surface area (TPSA) is 71.1 Å². The van der Waals surface area contributed by atoms with E-state index in [-0.39, 0.29) is 30.8 Å². The molecule has 0 aliphatic carbocycles. The minimum atomic E-state index is -0.854. The van der Waals surface area contributed by atoms with E-state index in [0.29, 0.717) is 27.9 Å². The van der Waals surface area contributed by atoms with Gasteiger partial charge < -0.3 is 19.7 Å². The van der Waals surface area contributed by atoms with Crippen molar-refractivity contribution in [2.75, 3.05) is 17.0 Å². The lowest BCUT2D eigenvalue weighted by Crippen LogP contribution is -2.37. The zero-order valence-corrected chi connectivity index (χ0v) is 19.8. The summed E-state index contributed by atoms with van der Waals surface area (Å²) in [4.78, 5) is 29.5. The standard InChI is InChI=1S/C25H19ClFN3O4S/c26-16-2-1-3-19(11-16)30-24(32)20(12-23(31)28-18-7-5-17(27)6-8-18)29(25(30)35)13-15-4-9-21-22(10-15)34-14-33-21/h1-11,20H,12-14H2,(H,28,31). The van der Waals surface area contributed by atoms with Gasteiger partial charge >= 0.3 is 0 Å². The van der Waals surface area contributed by atoms with Gasteiger partial charge in [0.25, 0.3) is 5.91 Å². The molecule has 7 nitrogen and oxygen atoms in total. The molecule has 1 N–H and O–H groups in total. The number of benzene rings is 3. The number of rotatable bonds is 6. The summed E-state index contributed by atoms with van der Waals surface area (Å²) < 4.78 is 24.0. The van der Waals surface area contributed by atoms with Crippen LogP contribution in [0.15, 0.2) is 66.7 Å². The lowest BCUT2D eigenvalue weighted by Gasteiger charge is -2.24. The summed E-state index contributed by atoms with van der Waals surface area (Å²) in [5.41, 5.74) is 1.78. The van der Waals surface area contributed by atoms with Crippen molar-refractivity contribution >= 4 is 52.1 Å². The van der Waals surface area contributed by atoms with Crippen molar-refractivity contribution in [3.8, 4) is 11.5 Å². The Morgan fingerprint density at radius 2 is 1.86 bits per heavy atom. The number of carbonyl (C=O) groups excluding carboxylic acids is 2. The van der Waals surface area contributed by atoms with Gasteiger partial charge in [-0.25, -0.2) is 4.39 Å². The van der Waals surface area contributed by atoms with Crippen molar-refractivity contribution < 1.29 is 23.5 Å². The summed E-state index contributed by atoms with van der Waals surface area (Å²) in [6.45, 7) is 0.418. The molecule has 3 aromatic carbocycles. The second kappa shape index (κ2) is 9.52. The number of halogens is 2. The maximum atomic E-state index is 13.5. The predicted octanol–water partition coefficient (Wildman–Crippen LogP) is 4.74. The number of ether oxygens (including phenoxy) is 2. The third kappa shape index (κ3) is 4.78. The van der Waals surface area contributed by atoms with Gasteiger partial charge in [0.05, 0.1) is 12.1 Å². The van der Waals surface area contributed by atoms with E-state index in [0.717, 1.165) is 5.56 Å². The summed E-state index contributed by atoms with van der Waals surface area (Å²) in [5, 5.41) is 3.42. The van der Waals surface area contributed by atoms with Crippen LogP contribution in [0.4, 0.5) is 15.8 Å². The fraction of sp³-hybridized carbons (Fsp3) is 0.160. The highest BCUT2D eigenvalue weighted by molar-refractivity contribution is 7.80. The number of fused-ring (bicyclic) bond motifs is 1. The second-order valence-electron chi connectivity index (χ2n) is 8.03. The van der Waals surface area contributed by atoms with Crippen molar-refractivity contribution in [2.45, 2.75) is 19.0 Å². The molecular weight excluding hydrogens is 493 g/mol. The average molecular weight is 512 g/mol. The van der Waals surface area contributed by atoms with Gasteiger partial charge in [-0.05, 0) is 72.4 Å². The van der Waals surface area contributed by atoms with Crippen molar-refractivity contribution in [1.82, 2.24) is 4.90 Å². The van der Waals surface area contributed by atoms with E-state index < -0.39 is 17.8 Å². The molecule has 0 radical (unpaired) electrons. The molecular formula is C25H19ClFN3O4S. The first-order valence-electron chi connectivity index (χ1n) is 10.7. The Morgan fingerprint density at radius 3 is 2.63 bits per heavy atom. The van der Waals surface area contributed by atoms with Gasteiger partial charge in [-0.15, -0.1) is 0 Å². The summed E-state index contributed by atoms with van der Waals surface area (Å²) in [6.07, 6.45) is -0.155. The summed E-state index contributed by atoms with van der Waals surface area (Å²) in [5.74, 6) is 0.0980. The quantitative estimate of drug-likeness (QED) is 0.482. The third-order valence-corrected chi connectivity index (χ3v) is 6.33. The molecule has 0 spiro atoms. The molecule has 1 atom stereocenters. The first-order chi connectivity index (χ1) is 16.9. The largest absolute Gasteiger partial charge is 0.454 e. The Balaban J connectivity index is 1.42. The maximum Gasteiger partial charge on any atom is 0.256 e. The fourth-order valence-electron chi connectivity index (χ4n) is 4.02. The molecule has 2 aliphatic heterocycles. The van der Waals surface area contributed by atoms with Crippen LogP contribution in [0.1, 0.15) is 12.0 Å². The highest BCUT2D eigenvalue weighted by Gasteiger charge is 2.44. The molecule has 2 aliphatic rings. The SMILES string of the molecule is O=C(CC1C(=O)N(c2cccc(Cl)c2)C(=S)N1Cc1ccc2c(c1)OCO2)Nc1ccc(F)cc1. The summed E-state index contributed by atoms with van der Waals surface area (Å²) >= 11 is 11.8. The molecule has 1 saturated heterocycles. The Morgan fingerprint density at radius 1 is 1.09 bits per heavy atom. The Kier molecular flexibility index (Phi) is 6.27. The normalized spacial score (nSPS) is 16.7. The Hall–Kier alpha value is -3.69. The number of nitrogens with one attached hydrogen (secondary N) is 1. The number of anilines is 2. The van der Waals surface area contributed by atoms with Gasteiger partial charge in [0, 0.05) is 17.3 Å². The smallest absolute Gasteiger partial charge is 0.256 e. The predicted molar refractivity (Wildman–Crippen MR) is 133 cm³/mol. The minimum absolute atomic E-state index is 0.147. The highest BCUT2D eigenvalue weighted by Crippen LogP contribution is 2.35. The third-order valence-electron chi connectivity index (χ3n) is 5.68. The molecule has 2 heterocycles. The van der Waals surface area contributed by atoms with Gasteiger partial charge in [-0.3, -0.25) is 14.5 Å². The molecule has 0 bridgehead atoms. The van der Waals surface area contributed by atoms with Crippen molar-refractivity contribution in [1.29, 1.82) is 0 Å². The molecule has 10 heteroatoms. The molecule has 2 amide bonds. The molecule has 0 aromatic heterocycles. The lowest BCUT2D eigenvalue weighted by atomic mass is 10.1. The highest BCUT2D eigenvalue weighted by atomic mass is 35.5. The van der Waals surface area contributed by atoms with E-state index in [1.807, 2.05) is 12.1 Å². The summed E-state index contributed by atoms with van der Waals surface area (Å²) in [7, 11) is 0. The average Bonchev–Trinajstić information content (AvgIpc) is 3.38. The molecule has 1 unspecified atom stereocenters. The van der Waals surface area contributed by atoms with Gasteiger partial charge in [-0.2, -0.15) is 0 Å². The van der Waals surface area contributed by atoms with Crippen molar-refractivity contribution in [2.24, 2.45) is 0 Å². The lowest BCUT2D eigenvalue weighted by molar-refractivity contribution is -0.124. The van der Waals surface area contributed by atoms with Crippen LogP contribution in [0.2, 0.25) is 5.02 Å². The van der Waals surface area contributed by atoms with Crippen LogP contribution in [-0.2, 0) is 16.1 Å². The fourth-order valence-corrected chi connectivity index (χ4v) is 4.60. The van der Waals surface area contributed by atoms with Crippen LogP contribution in [0, 0.1) is 5.82 Å². The van der Waals surface area contributed by atoms with Crippen LogP contribution in [-0.4, -0.2) is 34.7 Å². The van der Waals surface area contributed by atoms with Crippen LogP contribution in [0.3, 0.4) is 0 Å². The van der Waals surface area contributed by atoms with Gasteiger partial charge in [0.15, 0.2) is 16.6 Å². The monoisotopic (exact) mass is 511 g/mol. The van der Waals surface area contributed by atoms with Crippen LogP contribution in [0.25, 0.3) is 0 Å². The summed E-state index contributed by atoms with van der Waals surface area (Å²) in [6, 6.07) is 16.8. The van der Waals surface area contributed by atoms with E-state index in [9.17, 15) is 14.0 Å². The Labute approximate surface area is 211 Å². The van der Waals surface area contributed by atoms with E-state index in [1.54, 1.807) is 35.2 Å².